The van der Waals surface area contributed by atoms with Crippen LogP contribution in [-0.2, 0) is 19.1 Å². The molecule has 0 amide bonds. The fourth-order valence-electron chi connectivity index (χ4n) is 1.75. The van der Waals surface area contributed by atoms with Crippen LogP contribution in [0.25, 0.3) is 0 Å². The number of carbonyl (C=O) groups excluding carboxylic acids is 2. The molecule has 2 saturated heterocycles. The van der Waals surface area contributed by atoms with Gasteiger partial charge in [0.25, 0.3) is 0 Å². The Morgan fingerprint density at radius 2 is 2.17 bits per heavy atom. The van der Waals surface area contributed by atoms with Crippen LogP contribution in [0.2, 0.25) is 0 Å². The molecule has 2 aliphatic rings. The highest BCUT2D eigenvalue weighted by atomic mass is 16.6. The fourth-order valence-corrected chi connectivity index (χ4v) is 1.75. The van der Waals surface area contributed by atoms with Crippen LogP contribution in [0.3, 0.4) is 0 Å². The van der Waals surface area contributed by atoms with Crippen molar-refractivity contribution in [2.75, 3.05) is 0 Å². The number of cyclic esters (lactones) is 1. The fraction of sp³-hybridized carbons (Fsp3) is 0.750. The molecule has 2 heterocycles. The molecule has 3 unspecified atom stereocenters. The lowest BCUT2D eigenvalue weighted by molar-refractivity contribution is -0.152. The number of esters is 2. The van der Waals surface area contributed by atoms with Crippen molar-refractivity contribution < 1.29 is 19.1 Å². The third-order valence-corrected chi connectivity index (χ3v) is 2.39. The Labute approximate surface area is 69.8 Å². The molecule has 0 aliphatic carbocycles. The van der Waals surface area contributed by atoms with Gasteiger partial charge in [-0.05, 0) is 6.42 Å². The molecular formula is C8H10O4. The molecule has 0 aromatic heterocycles. The van der Waals surface area contributed by atoms with E-state index < -0.39 is 0 Å². The van der Waals surface area contributed by atoms with Gasteiger partial charge in [0, 0.05) is 0 Å². The first-order chi connectivity index (χ1) is 5.72. The highest BCUT2D eigenvalue weighted by Crippen LogP contribution is 2.34. The van der Waals surface area contributed by atoms with Crippen molar-refractivity contribution in [2.45, 2.75) is 32.0 Å². The second kappa shape index (κ2) is 2.47. The van der Waals surface area contributed by atoms with Crippen molar-refractivity contribution in [3.8, 4) is 0 Å². The molecule has 2 aliphatic heterocycles. The van der Waals surface area contributed by atoms with Crippen LogP contribution < -0.4 is 0 Å². The van der Waals surface area contributed by atoms with Crippen LogP contribution >= 0.6 is 0 Å². The molecule has 0 N–H and O–H groups in total. The number of hydrogen-bond donors (Lipinski definition) is 0. The molecule has 4 nitrogen and oxygen atoms in total. The van der Waals surface area contributed by atoms with Gasteiger partial charge in [-0.2, -0.15) is 0 Å². The van der Waals surface area contributed by atoms with Crippen LogP contribution in [0, 0.1) is 5.92 Å². The maximum atomic E-state index is 11.1. The van der Waals surface area contributed by atoms with Gasteiger partial charge in [0.1, 0.15) is 12.0 Å². The van der Waals surface area contributed by atoms with E-state index in [-0.39, 0.29) is 36.5 Å². The van der Waals surface area contributed by atoms with Gasteiger partial charge in [0.05, 0.1) is 6.42 Å². The van der Waals surface area contributed by atoms with E-state index in [1.165, 1.54) is 0 Å². The van der Waals surface area contributed by atoms with Gasteiger partial charge in [0.2, 0.25) is 0 Å². The minimum absolute atomic E-state index is 0.194. The van der Waals surface area contributed by atoms with Crippen molar-refractivity contribution in [2.24, 2.45) is 5.92 Å². The Hall–Kier alpha value is -1.06. The molecule has 0 aromatic carbocycles. The monoisotopic (exact) mass is 170 g/mol. The molecule has 4 heteroatoms. The molecule has 0 saturated carbocycles. The zero-order valence-electron chi connectivity index (χ0n) is 6.78. The minimum atomic E-state index is -0.331. The summed E-state index contributed by atoms with van der Waals surface area (Å²) in [6, 6.07) is 0. The maximum absolute atomic E-state index is 11.1. The predicted octanol–water partition coefficient (Wildman–Crippen LogP) is 0.253. The van der Waals surface area contributed by atoms with E-state index >= 15 is 0 Å². The summed E-state index contributed by atoms with van der Waals surface area (Å²) in [5.74, 6) is -0.889. The summed E-state index contributed by atoms with van der Waals surface area (Å²) in [4.78, 5) is 21.9. The van der Waals surface area contributed by atoms with Crippen LogP contribution in [0.5, 0.6) is 0 Å². The van der Waals surface area contributed by atoms with Crippen LogP contribution in [0.4, 0.5) is 0 Å². The summed E-state index contributed by atoms with van der Waals surface area (Å²) < 4.78 is 9.98. The number of fused-ring (bicyclic) bond motifs is 1. The van der Waals surface area contributed by atoms with E-state index in [9.17, 15) is 9.59 Å². The number of ether oxygens (including phenoxy) is 2. The normalized spacial score (nSPS) is 39.2. The number of carbonyl (C=O) groups is 2. The number of hydrogen-bond acceptors (Lipinski definition) is 4. The molecule has 0 spiro atoms. The molecule has 0 radical (unpaired) electrons. The molecule has 3 atom stereocenters. The summed E-state index contributed by atoms with van der Waals surface area (Å²) >= 11 is 0. The Morgan fingerprint density at radius 3 is 2.83 bits per heavy atom. The third kappa shape index (κ3) is 0.906. The zero-order chi connectivity index (χ0) is 8.72. The van der Waals surface area contributed by atoms with Gasteiger partial charge in [0.15, 0.2) is 6.10 Å². The summed E-state index contributed by atoms with van der Waals surface area (Å²) in [6.07, 6.45) is 0.379. The lowest BCUT2D eigenvalue weighted by Gasteiger charge is -2.12. The van der Waals surface area contributed by atoms with Crippen LogP contribution in [0.15, 0.2) is 0 Å². The first-order valence-corrected chi connectivity index (χ1v) is 4.12. The summed E-state index contributed by atoms with van der Waals surface area (Å²) in [5.41, 5.74) is 0. The second-order valence-electron chi connectivity index (χ2n) is 3.15. The lowest BCUT2D eigenvalue weighted by atomic mass is 10.00. The third-order valence-electron chi connectivity index (χ3n) is 2.39. The van der Waals surface area contributed by atoms with Gasteiger partial charge in [-0.1, -0.05) is 6.92 Å². The van der Waals surface area contributed by atoms with Gasteiger partial charge in [-0.3, -0.25) is 9.59 Å². The minimum Gasteiger partial charge on any atom is -0.458 e. The average Bonchev–Trinajstić information content (AvgIpc) is 2.52. The average molecular weight is 170 g/mol. The van der Waals surface area contributed by atoms with Crippen LogP contribution in [0.1, 0.15) is 19.8 Å². The van der Waals surface area contributed by atoms with Crippen molar-refractivity contribution in [3.63, 3.8) is 0 Å². The Bertz CT molecular complexity index is 235. The zero-order valence-corrected chi connectivity index (χ0v) is 6.78. The molecule has 12 heavy (non-hydrogen) atoms. The smallest absolute Gasteiger partial charge is 0.313 e. The lowest BCUT2D eigenvalue weighted by Crippen LogP contribution is -2.24. The highest BCUT2D eigenvalue weighted by molar-refractivity contribution is 5.85. The first-order valence-electron chi connectivity index (χ1n) is 4.12. The maximum Gasteiger partial charge on any atom is 0.313 e. The molecular weight excluding hydrogens is 160 g/mol. The van der Waals surface area contributed by atoms with Crippen LogP contribution in [-0.4, -0.2) is 24.1 Å². The number of rotatable bonds is 1. The first kappa shape index (κ1) is 7.58. The Morgan fingerprint density at radius 1 is 1.42 bits per heavy atom. The van der Waals surface area contributed by atoms with E-state index in [0.29, 0.717) is 6.42 Å². The van der Waals surface area contributed by atoms with E-state index in [1.807, 2.05) is 6.92 Å². The second-order valence-corrected chi connectivity index (χ2v) is 3.15. The van der Waals surface area contributed by atoms with Gasteiger partial charge >= 0.3 is 11.9 Å². The van der Waals surface area contributed by atoms with Crippen molar-refractivity contribution in [1.29, 1.82) is 0 Å². The van der Waals surface area contributed by atoms with E-state index in [1.54, 1.807) is 0 Å². The molecule has 2 rings (SSSR count). The van der Waals surface area contributed by atoms with Gasteiger partial charge in [-0.25, -0.2) is 0 Å². The van der Waals surface area contributed by atoms with E-state index in [0.717, 1.165) is 0 Å². The van der Waals surface area contributed by atoms with Crippen molar-refractivity contribution >= 4 is 11.9 Å². The van der Waals surface area contributed by atoms with Gasteiger partial charge in [-0.15, -0.1) is 0 Å². The highest BCUT2D eigenvalue weighted by Gasteiger charge is 2.51. The summed E-state index contributed by atoms with van der Waals surface area (Å²) in [6.45, 7) is 1.91. The molecule has 0 aromatic rings. The standard InChI is InChI=1S/C8H10O4/c1-2-5-7-4(8(10)11-5)3-6(9)12-7/h4-5,7H,2-3H2,1H3. The molecule has 2 fully saturated rings. The largest absolute Gasteiger partial charge is 0.458 e. The predicted molar refractivity (Wildman–Crippen MR) is 38.2 cm³/mol. The molecule has 0 bridgehead atoms. The topological polar surface area (TPSA) is 52.6 Å². The quantitative estimate of drug-likeness (QED) is 0.529. The Balaban J connectivity index is 2.18. The summed E-state index contributed by atoms with van der Waals surface area (Å²) in [7, 11) is 0. The SMILES string of the molecule is CCC1OC(=O)C2CC(=O)OC12. The summed E-state index contributed by atoms with van der Waals surface area (Å²) in [5, 5.41) is 0. The Kier molecular flexibility index (Phi) is 1.56. The van der Waals surface area contributed by atoms with E-state index in [2.05, 4.69) is 0 Å². The van der Waals surface area contributed by atoms with E-state index in [4.69, 9.17) is 9.47 Å². The van der Waals surface area contributed by atoms with Crippen molar-refractivity contribution in [1.82, 2.24) is 0 Å². The van der Waals surface area contributed by atoms with Crippen molar-refractivity contribution in [3.05, 3.63) is 0 Å². The molecule has 66 valence electrons. The van der Waals surface area contributed by atoms with Gasteiger partial charge < -0.3 is 9.47 Å².